The first kappa shape index (κ1) is 25.4. The van der Waals surface area contributed by atoms with E-state index in [0.29, 0.717) is 11.3 Å². The van der Waals surface area contributed by atoms with Gasteiger partial charge in [0.05, 0.1) is 17.6 Å². The van der Waals surface area contributed by atoms with Crippen LogP contribution >= 0.6 is 0 Å². The first-order valence-corrected chi connectivity index (χ1v) is 12.6. The van der Waals surface area contributed by atoms with Gasteiger partial charge < -0.3 is 9.88 Å². The van der Waals surface area contributed by atoms with E-state index in [0.717, 1.165) is 33.8 Å². The normalized spacial score (nSPS) is 10.9. The second-order valence-electron chi connectivity index (χ2n) is 9.19. The van der Waals surface area contributed by atoms with Crippen LogP contribution in [0.2, 0.25) is 0 Å². The fourth-order valence-corrected chi connectivity index (χ4v) is 4.44. The maximum atomic E-state index is 12.8. The zero-order chi connectivity index (χ0) is 27.2. The predicted molar refractivity (Wildman–Crippen MR) is 157 cm³/mol. The summed E-state index contributed by atoms with van der Waals surface area (Å²) in [4.78, 5) is 24.0. The number of hydrazone groups is 1. The van der Waals surface area contributed by atoms with Crippen molar-refractivity contribution in [1.29, 1.82) is 0 Å². The van der Waals surface area contributed by atoms with Crippen molar-refractivity contribution in [2.45, 2.75) is 13.8 Å². The van der Waals surface area contributed by atoms with Crippen molar-refractivity contribution in [2.75, 3.05) is 5.32 Å². The molecule has 1 aromatic heterocycles. The first-order chi connectivity index (χ1) is 19.0. The highest BCUT2D eigenvalue weighted by atomic mass is 16.2. The second-order valence-corrected chi connectivity index (χ2v) is 9.19. The molecule has 0 aliphatic carbocycles. The molecule has 0 bridgehead atoms. The third-order valence-corrected chi connectivity index (χ3v) is 6.28. The molecule has 2 amide bonds. The Balaban J connectivity index is 1.54. The van der Waals surface area contributed by atoms with Gasteiger partial charge in [0.25, 0.3) is 5.91 Å². The van der Waals surface area contributed by atoms with Gasteiger partial charge in [0.1, 0.15) is 0 Å². The number of nitrogens with one attached hydrogen (secondary N) is 2. The van der Waals surface area contributed by atoms with Gasteiger partial charge in [-0.3, -0.25) is 9.59 Å². The van der Waals surface area contributed by atoms with E-state index < -0.39 is 0 Å². The van der Waals surface area contributed by atoms with Gasteiger partial charge in [0.2, 0.25) is 5.91 Å². The molecule has 2 N–H and O–H groups in total. The number of hydrogen-bond donors (Lipinski definition) is 2. The molecule has 39 heavy (non-hydrogen) atoms. The van der Waals surface area contributed by atoms with Crippen molar-refractivity contribution in [3.8, 4) is 28.2 Å². The monoisotopic (exact) mass is 512 g/mol. The summed E-state index contributed by atoms with van der Waals surface area (Å²) in [5, 5.41) is 7.02. The Kier molecular flexibility index (Phi) is 7.46. The highest BCUT2D eigenvalue weighted by molar-refractivity contribution is 5.97. The quantitative estimate of drug-likeness (QED) is 0.185. The number of hydrogen-bond acceptors (Lipinski definition) is 3. The van der Waals surface area contributed by atoms with Gasteiger partial charge in [-0.1, -0.05) is 78.4 Å². The fraction of sp³-hybridized carbons (Fsp3) is 0.0606. The van der Waals surface area contributed by atoms with Gasteiger partial charge in [0.15, 0.2) is 0 Å². The number of rotatable bonds is 7. The maximum absolute atomic E-state index is 12.8. The Bertz CT molecular complexity index is 1620. The summed E-state index contributed by atoms with van der Waals surface area (Å²) < 4.78 is 2.23. The van der Waals surface area contributed by atoms with Gasteiger partial charge >= 0.3 is 0 Å². The van der Waals surface area contributed by atoms with Gasteiger partial charge in [0, 0.05) is 29.4 Å². The molecule has 5 aromatic rings. The smallest absolute Gasteiger partial charge is 0.271 e. The molecule has 1 heterocycles. The fourth-order valence-electron chi connectivity index (χ4n) is 4.44. The molecule has 5 rings (SSSR count). The van der Waals surface area contributed by atoms with Crippen LogP contribution in [0.4, 0.5) is 5.69 Å². The molecule has 0 radical (unpaired) electrons. The highest BCUT2D eigenvalue weighted by Crippen LogP contribution is 2.35. The zero-order valence-corrected chi connectivity index (χ0v) is 21.8. The van der Waals surface area contributed by atoms with Crippen LogP contribution in [0.3, 0.4) is 0 Å². The highest BCUT2D eigenvalue weighted by Gasteiger charge is 2.18. The molecule has 0 unspecified atom stereocenters. The van der Waals surface area contributed by atoms with Crippen molar-refractivity contribution < 1.29 is 9.59 Å². The third-order valence-electron chi connectivity index (χ3n) is 6.28. The molecule has 4 aromatic carbocycles. The minimum absolute atomic E-state index is 0.168. The van der Waals surface area contributed by atoms with Crippen LogP contribution in [-0.2, 0) is 4.79 Å². The van der Waals surface area contributed by atoms with Crippen LogP contribution in [0.15, 0.2) is 120 Å². The van der Waals surface area contributed by atoms with E-state index in [-0.39, 0.29) is 11.8 Å². The van der Waals surface area contributed by atoms with Gasteiger partial charge in [-0.05, 0) is 60.5 Å². The molecule has 0 aliphatic heterocycles. The van der Waals surface area contributed by atoms with Crippen LogP contribution < -0.4 is 10.7 Å². The van der Waals surface area contributed by atoms with E-state index in [2.05, 4.69) is 81.9 Å². The molecule has 6 heteroatoms. The Morgan fingerprint density at radius 2 is 1.38 bits per heavy atom. The van der Waals surface area contributed by atoms with Gasteiger partial charge in [-0.2, -0.15) is 5.10 Å². The number of carbonyl (C=O) groups excluding carboxylic acids is 2. The third kappa shape index (κ3) is 5.86. The maximum Gasteiger partial charge on any atom is 0.271 e. The molecular formula is C33H28N4O2. The molecule has 0 saturated heterocycles. The van der Waals surface area contributed by atoms with E-state index >= 15 is 0 Å². The molecular weight excluding hydrogens is 484 g/mol. The van der Waals surface area contributed by atoms with Crippen LogP contribution in [0, 0.1) is 6.92 Å². The van der Waals surface area contributed by atoms with Crippen LogP contribution in [0.25, 0.3) is 28.2 Å². The number of amides is 2. The molecule has 0 aliphatic rings. The van der Waals surface area contributed by atoms with E-state index in [1.165, 1.54) is 12.5 Å². The molecule has 0 atom stereocenters. The molecule has 192 valence electrons. The van der Waals surface area contributed by atoms with Crippen molar-refractivity contribution in [3.05, 3.63) is 132 Å². The summed E-state index contributed by atoms with van der Waals surface area (Å²) in [5.74, 6) is -0.512. The summed E-state index contributed by atoms with van der Waals surface area (Å²) in [6, 6.07) is 37.6. The van der Waals surface area contributed by atoms with Crippen LogP contribution in [0.5, 0.6) is 0 Å². The van der Waals surface area contributed by atoms with E-state index in [1.54, 1.807) is 30.5 Å². The lowest BCUT2D eigenvalue weighted by Gasteiger charge is -2.15. The Hall–Kier alpha value is -5.23. The average molecular weight is 513 g/mol. The summed E-state index contributed by atoms with van der Waals surface area (Å²) in [6.45, 7) is 3.51. The van der Waals surface area contributed by atoms with Gasteiger partial charge in [-0.15, -0.1) is 0 Å². The Labute approximate surface area is 227 Å². The lowest BCUT2D eigenvalue weighted by molar-refractivity contribution is -0.114. The molecule has 6 nitrogen and oxygen atoms in total. The molecule has 0 saturated carbocycles. The SMILES string of the molecule is CC(=O)Nc1ccc(C(=O)N/N=C\c2cc(-c3ccccc3)n(-c3ccc(C)cc3)c2-c2ccccc2)cc1. The zero-order valence-electron chi connectivity index (χ0n) is 21.8. The number of aromatic nitrogens is 1. The van der Waals surface area contributed by atoms with Crippen molar-refractivity contribution in [1.82, 2.24) is 9.99 Å². The van der Waals surface area contributed by atoms with E-state index in [9.17, 15) is 9.59 Å². The Morgan fingerprint density at radius 1 is 0.769 bits per heavy atom. The van der Waals surface area contributed by atoms with Gasteiger partial charge in [-0.25, -0.2) is 5.43 Å². The minimum atomic E-state index is -0.344. The van der Waals surface area contributed by atoms with Crippen LogP contribution in [0.1, 0.15) is 28.4 Å². The lowest BCUT2D eigenvalue weighted by Crippen LogP contribution is -2.17. The summed E-state index contributed by atoms with van der Waals surface area (Å²) in [5.41, 5.74) is 10.9. The van der Waals surface area contributed by atoms with Crippen LogP contribution in [-0.4, -0.2) is 22.6 Å². The minimum Gasteiger partial charge on any atom is -0.326 e. The summed E-state index contributed by atoms with van der Waals surface area (Å²) >= 11 is 0. The summed E-state index contributed by atoms with van der Waals surface area (Å²) in [6.07, 6.45) is 1.68. The van der Waals surface area contributed by atoms with Crippen molar-refractivity contribution in [2.24, 2.45) is 5.10 Å². The number of anilines is 1. The van der Waals surface area contributed by atoms with E-state index in [4.69, 9.17) is 0 Å². The van der Waals surface area contributed by atoms with Crippen molar-refractivity contribution in [3.63, 3.8) is 0 Å². The number of benzene rings is 4. The van der Waals surface area contributed by atoms with E-state index in [1.807, 2.05) is 36.4 Å². The molecule has 0 spiro atoms. The van der Waals surface area contributed by atoms with Crippen molar-refractivity contribution >= 4 is 23.7 Å². The number of nitrogens with zero attached hydrogens (tertiary/aromatic N) is 2. The summed E-state index contributed by atoms with van der Waals surface area (Å²) in [7, 11) is 0. The second kappa shape index (κ2) is 11.4. The molecule has 0 fully saturated rings. The first-order valence-electron chi connectivity index (χ1n) is 12.6. The lowest BCUT2D eigenvalue weighted by atomic mass is 10.1. The topological polar surface area (TPSA) is 75.5 Å². The predicted octanol–water partition coefficient (Wildman–Crippen LogP) is 6.84. The average Bonchev–Trinajstić information content (AvgIpc) is 3.34. The Morgan fingerprint density at radius 3 is 2.00 bits per heavy atom. The number of carbonyl (C=O) groups is 2. The largest absolute Gasteiger partial charge is 0.326 e. The number of aryl methyl sites for hydroxylation is 1. The standard InChI is InChI=1S/C33H28N4O2/c1-23-13-19-30(20-14-23)37-31(25-9-5-3-6-10-25)21-28(32(37)26-11-7-4-8-12-26)22-34-36-33(39)27-15-17-29(18-16-27)35-24(2)38/h3-22H,1-2H3,(H,35,38)(H,36,39)/b34-22-.